The fourth-order valence-electron chi connectivity index (χ4n) is 3.92. The first-order valence-corrected chi connectivity index (χ1v) is 10.3. The lowest BCUT2D eigenvalue weighted by Gasteiger charge is -2.14. The number of likely N-dealkylation sites (N-methyl/N-ethyl adjacent to an activating group) is 1. The number of fused-ring (bicyclic) bond motifs is 2. The predicted octanol–water partition coefficient (Wildman–Crippen LogP) is 4.36. The van der Waals surface area contributed by atoms with Crippen LogP contribution >= 0.6 is 0 Å². The minimum absolute atomic E-state index is 0.671. The van der Waals surface area contributed by atoms with Gasteiger partial charge in [-0.2, -0.15) is 4.57 Å². The van der Waals surface area contributed by atoms with Crippen LogP contribution in [0.4, 0.5) is 0 Å². The molecule has 154 valence electrons. The highest BCUT2D eigenvalue weighted by Crippen LogP contribution is 2.31. The van der Waals surface area contributed by atoms with E-state index in [1.165, 1.54) is 32.9 Å². The molecule has 4 aromatic rings. The SMILES string of the molecule is COc1ccc2c(c1)c(Cc1ccccc1)c1ccc(OCCN(C)C)cc1[n+]2C. The number of aryl methyl sites for hydroxylation is 1. The summed E-state index contributed by atoms with van der Waals surface area (Å²) in [6.07, 6.45) is 0.864. The van der Waals surface area contributed by atoms with Crippen molar-refractivity contribution < 1.29 is 14.0 Å². The Hall–Kier alpha value is -3.11. The van der Waals surface area contributed by atoms with Crippen molar-refractivity contribution in [1.82, 2.24) is 4.90 Å². The van der Waals surface area contributed by atoms with Crippen molar-refractivity contribution in [2.45, 2.75) is 6.42 Å². The maximum Gasteiger partial charge on any atom is 0.216 e. The third kappa shape index (κ3) is 4.10. The Kier molecular flexibility index (Phi) is 5.86. The van der Waals surface area contributed by atoms with Crippen LogP contribution in [0.5, 0.6) is 11.5 Å². The molecular formula is C26H29N2O2+. The monoisotopic (exact) mass is 401 g/mol. The molecule has 4 heteroatoms. The number of nitrogens with zero attached hydrogens (tertiary/aromatic N) is 2. The van der Waals surface area contributed by atoms with Gasteiger partial charge in [-0.25, -0.2) is 0 Å². The summed E-state index contributed by atoms with van der Waals surface area (Å²) in [4.78, 5) is 2.12. The van der Waals surface area contributed by atoms with Gasteiger partial charge in [0.05, 0.1) is 23.9 Å². The molecule has 0 saturated heterocycles. The van der Waals surface area contributed by atoms with Crippen molar-refractivity contribution in [1.29, 1.82) is 0 Å². The molecule has 0 amide bonds. The van der Waals surface area contributed by atoms with Crippen LogP contribution in [0.3, 0.4) is 0 Å². The van der Waals surface area contributed by atoms with Crippen molar-refractivity contribution in [3.05, 3.63) is 77.9 Å². The first kappa shape index (κ1) is 20.2. The maximum atomic E-state index is 6.01. The zero-order valence-electron chi connectivity index (χ0n) is 18.2. The van der Waals surface area contributed by atoms with Gasteiger partial charge in [-0.05, 0) is 55.9 Å². The second-order valence-corrected chi connectivity index (χ2v) is 7.91. The lowest BCUT2D eigenvalue weighted by atomic mass is 9.96. The molecular weight excluding hydrogens is 372 g/mol. The van der Waals surface area contributed by atoms with Crippen LogP contribution in [0, 0.1) is 0 Å². The van der Waals surface area contributed by atoms with E-state index in [4.69, 9.17) is 9.47 Å². The van der Waals surface area contributed by atoms with Gasteiger partial charge in [0.25, 0.3) is 0 Å². The largest absolute Gasteiger partial charge is 0.497 e. The molecule has 4 nitrogen and oxygen atoms in total. The van der Waals surface area contributed by atoms with Gasteiger partial charge in [-0.1, -0.05) is 30.3 Å². The predicted molar refractivity (Wildman–Crippen MR) is 122 cm³/mol. The van der Waals surface area contributed by atoms with E-state index in [0.29, 0.717) is 6.61 Å². The first-order valence-electron chi connectivity index (χ1n) is 10.3. The molecule has 0 N–H and O–H groups in total. The molecule has 0 bridgehead atoms. The second-order valence-electron chi connectivity index (χ2n) is 7.91. The number of rotatable bonds is 7. The molecule has 0 unspecified atom stereocenters. The number of benzene rings is 3. The molecule has 0 spiro atoms. The van der Waals surface area contributed by atoms with Crippen LogP contribution in [0.15, 0.2) is 66.7 Å². The van der Waals surface area contributed by atoms with E-state index in [-0.39, 0.29) is 0 Å². The zero-order chi connectivity index (χ0) is 21.1. The van der Waals surface area contributed by atoms with Gasteiger partial charge in [0.15, 0.2) is 0 Å². The number of pyridine rings is 1. The topological polar surface area (TPSA) is 25.6 Å². The van der Waals surface area contributed by atoms with Crippen LogP contribution in [-0.2, 0) is 13.5 Å². The molecule has 0 saturated carbocycles. The molecule has 1 heterocycles. The average Bonchev–Trinajstić information content (AvgIpc) is 2.76. The Morgan fingerprint density at radius 2 is 1.60 bits per heavy atom. The third-order valence-corrected chi connectivity index (χ3v) is 5.58. The molecule has 0 aliphatic rings. The first-order chi connectivity index (χ1) is 14.6. The molecule has 1 aromatic heterocycles. The molecule has 0 fully saturated rings. The minimum Gasteiger partial charge on any atom is -0.497 e. The van der Waals surface area contributed by atoms with E-state index >= 15 is 0 Å². The van der Waals surface area contributed by atoms with E-state index in [2.05, 4.69) is 91.3 Å². The van der Waals surface area contributed by atoms with E-state index in [1.54, 1.807) is 7.11 Å². The summed E-state index contributed by atoms with van der Waals surface area (Å²) < 4.78 is 13.8. The van der Waals surface area contributed by atoms with E-state index < -0.39 is 0 Å². The van der Waals surface area contributed by atoms with Crippen LogP contribution in [0.2, 0.25) is 0 Å². The van der Waals surface area contributed by atoms with Crippen LogP contribution in [0.1, 0.15) is 11.1 Å². The van der Waals surface area contributed by atoms with Crippen LogP contribution in [0.25, 0.3) is 21.8 Å². The molecule has 4 rings (SSSR count). The van der Waals surface area contributed by atoms with Crippen molar-refractivity contribution in [2.75, 3.05) is 34.4 Å². The molecule has 0 aliphatic heterocycles. The van der Waals surface area contributed by atoms with E-state index in [9.17, 15) is 0 Å². The fraction of sp³-hybridized carbons (Fsp3) is 0.269. The van der Waals surface area contributed by atoms with Crippen LogP contribution in [-0.4, -0.2) is 39.3 Å². The molecule has 0 atom stereocenters. The van der Waals surface area contributed by atoms with E-state index in [0.717, 1.165) is 24.5 Å². The summed E-state index contributed by atoms with van der Waals surface area (Å²) >= 11 is 0. The molecule has 30 heavy (non-hydrogen) atoms. The highest BCUT2D eigenvalue weighted by Gasteiger charge is 2.19. The summed E-state index contributed by atoms with van der Waals surface area (Å²) in [5.74, 6) is 1.78. The minimum atomic E-state index is 0.671. The summed E-state index contributed by atoms with van der Waals surface area (Å²) in [7, 11) is 7.95. The van der Waals surface area contributed by atoms with Gasteiger partial charge in [0.1, 0.15) is 25.2 Å². The summed E-state index contributed by atoms with van der Waals surface area (Å²) in [6, 6.07) is 23.4. The summed E-state index contributed by atoms with van der Waals surface area (Å²) in [6.45, 7) is 1.56. The molecule has 0 aliphatic carbocycles. The Bertz CT molecular complexity index is 1170. The number of aromatic nitrogens is 1. The standard InChI is InChI=1S/C26H29N2O2/c1-27(2)14-15-30-21-10-12-22-23(16-19-8-6-5-7-9-19)24-17-20(29-4)11-13-25(24)28(3)26(22)18-21/h5-13,17-18H,14-16H2,1-4H3/q+1. The average molecular weight is 402 g/mol. The Labute approximate surface area is 178 Å². The van der Waals surface area contributed by atoms with Gasteiger partial charge in [0, 0.05) is 12.6 Å². The highest BCUT2D eigenvalue weighted by molar-refractivity contribution is 5.95. The number of hydrogen-bond donors (Lipinski definition) is 0. The Morgan fingerprint density at radius 1 is 0.833 bits per heavy atom. The van der Waals surface area contributed by atoms with Gasteiger partial charge in [-0.3, -0.25) is 0 Å². The summed E-state index contributed by atoms with van der Waals surface area (Å²) in [5.41, 5.74) is 4.95. The Morgan fingerprint density at radius 3 is 2.33 bits per heavy atom. The molecule has 3 aromatic carbocycles. The van der Waals surface area contributed by atoms with Gasteiger partial charge >= 0.3 is 0 Å². The lowest BCUT2D eigenvalue weighted by molar-refractivity contribution is -0.617. The van der Waals surface area contributed by atoms with Gasteiger partial charge in [-0.15, -0.1) is 0 Å². The smallest absolute Gasteiger partial charge is 0.216 e. The zero-order valence-corrected chi connectivity index (χ0v) is 18.2. The second kappa shape index (κ2) is 8.72. The number of hydrogen-bond acceptors (Lipinski definition) is 3. The number of methoxy groups -OCH3 is 1. The van der Waals surface area contributed by atoms with Gasteiger partial charge < -0.3 is 14.4 Å². The van der Waals surface area contributed by atoms with Crippen molar-refractivity contribution >= 4 is 21.8 Å². The van der Waals surface area contributed by atoms with Crippen molar-refractivity contribution in [3.63, 3.8) is 0 Å². The fourth-order valence-corrected chi connectivity index (χ4v) is 3.92. The highest BCUT2D eigenvalue weighted by atomic mass is 16.5. The van der Waals surface area contributed by atoms with E-state index in [1.807, 2.05) is 6.07 Å². The van der Waals surface area contributed by atoms with Crippen molar-refractivity contribution in [2.24, 2.45) is 7.05 Å². The quantitative estimate of drug-likeness (QED) is 0.340. The van der Waals surface area contributed by atoms with Crippen LogP contribution < -0.4 is 14.0 Å². The Balaban J connectivity index is 1.88. The summed E-state index contributed by atoms with van der Waals surface area (Å²) in [5, 5.41) is 2.46. The number of ether oxygens (including phenoxy) is 2. The van der Waals surface area contributed by atoms with Gasteiger partial charge in [0.2, 0.25) is 11.0 Å². The maximum absolute atomic E-state index is 6.01. The molecule has 0 radical (unpaired) electrons. The third-order valence-electron chi connectivity index (χ3n) is 5.58. The van der Waals surface area contributed by atoms with Crippen molar-refractivity contribution in [3.8, 4) is 11.5 Å². The lowest BCUT2D eigenvalue weighted by Crippen LogP contribution is -2.31. The normalized spacial score (nSPS) is 11.4.